The van der Waals surface area contributed by atoms with Crippen molar-refractivity contribution in [3.8, 4) is 11.5 Å². The number of benzene rings is 2. The summed E-state index contributed by atoms with van der Waals surface area (Å²) in [5.41, 5.74) is 4.90. The van der Waals surface area contributed by atoms with E-state index in [0.29, 0.717) is 12.2 Å². The topological polar surface area (TPSA) is 65.8 Å². The second-order valence-corrected chi connectivity index (χ2v) is 10.3. The molecule has 172 valence electrons. The van der Waals surface area contributed by atoms with E-state index >= 15 is 0 Å². The van der Waals surface area contributed by atoms with Gasteiger partial charge in [0.1, 0.15) is 0 Å². The largest absolute Gasteiger partial charge is 0.504 e. The molecule has 0 saturated carbocycles. The van der Waals surface area contributed by atoms with Crippen molar-refractivity contribution in [1.82, 2.24) is 9.88 Å². The van der Waals surface area contributed by atoms with E-state index in [4.69, 9.17) is 9.72 Å². The lowest BCUT2D eigenvalue weighted by molar-refractivity contribution is -0.171. The maximum atomic E-state index is 12.7. The number of aromatic nitrogens is 1. The van der Waals surface area contributed by atoms with E-state index in [2.05, 4.69) is 41.8 Å². The number of hydrogen-bond acceptors (Lipinski definition) is 5. The second-order valence-electron chi connectivity index (χ2n) is 10.3. The van der Waals surface area contributed by atoms with Crippen LogP contribution < -0.4 is 4.74 Å². The Balaban J connectivity index is 1.40. The lowest BCUT2D eigenvalue weighted by Gasteiger charge is -2.62. The summed E-state index contributed by atoms with van der Waals surface area (Å²) in [7, 11) is 0. The Morgan fingerprint density at radius 2 is 2.00 bits per heavy atom. The fraction of sp³-hybridized carbons (Fsp3) is 0.345. The van der Waals surface area contributed by atoms with Crippen LogP contribution in [0.2, 0.25) is 0 Å². The summed E-state index contributed by atoms with van der Waals surface area (Å²) in [4.78, 5) is 7.31. The van der Waals surface area contributed by atoms with Gasteiger partial charge in [-0.05, 0) is 47.6 Å². The third kappa shape index (κ3) is 2.44. The van der Waals surface area contributed by atoms with Crippen molar-refractivity contribution in [3.05, 3.63) is 101 Å². The van der Waals surface area contributed by atoms with E-state index in [1.807, 2.05) is 24.4 Å². The number of nitrogens with zero attached hydrogens (tertiary/aromatic N) is 2. The van der Waals surface area contributed by atoms with Gasteiger partial charge in [-0.25, -0.2) is 0 Å². The first-order chi connectivity index (χ1) is 16.5. The van der Waals surface area contributed by atoms with Gasteiger partial charge in [-0.2, -0.15) is 0 Å². The predicted molar refractivity (Wildman–Crippen MR) is 129 cm³/mol. The first-order valence-electron chi connectivity index (χ1n) is 12.2. The number of aromatic hydroxyl groups is 1. The molecule has 0 amide bonds. The number of piperidine rings is 1. The minimum Gasteiger partial charge on any atom is -0.504 e. The minimum atomic E-state index is -1.01. The van der Waals surface area contributed by atoms with Crippen LogP contribution >= 0.6 is 0 Å². The molecular formula is C29H28N2O3. The van der Waals surface area contributed by atoms with Crippen LogP contribution in [0.4, 0.5) is 0 Å². The van der Waals surface area contributed by atoms with Crippen LogP contribution in [0.1, 0.15) is 46.0 Å². The molecule has 2 N–H and O–H groups in total. The Kier molecular flexibility index (Phi) is 4.13. The summed E-state index contributed by atoms with van der Waals surface area (Å²) in [6.07, 6.45) is 6.30. The van der Waals surface area contributed by atoms with Crippen molar-refractivity contribution in [1.29, 1.82) is 0 Å². The van der Waals surface area contributed by atoms with Crippen LogP contribution in [-0.2, 0) is 24.7 Å². The first kappa shape index (κ1) is 20.2. The molecule has 7 rings (SSSR count). The Labute approximate surface area is 199 Å². The van der Waals surface area contributed by atoms with Gasteiger partial charge in [0.25, 0.3) is 0 Å². The third-order valence-corrected chi connectivity index (χ3v) is 8.70. The van der Waals surface area contributed by atoms with Crippen LogP contribution in [0.5, 0.6) is 11.5 Å². The summed E-state index contributed by atoms with van der Waals surface area (Å²) in [6, 6.07) is 16.3. The number of ether oxygens (including phenoxy) is 1. The average Bonchev–Trinajstić information content (AvgIpc) is 3.18. The summed E-state index contributed by atoms with van der Waals surface area (Å²) in [5, 5.41) is 23.4. The number of aliphatic hydroxyl groups is 1. The maximum Gasteiger partial charge on any atom is 0.166 e. The zero-order valence-corrected chi connectivity index (χ0v) is 19.1. The van der Waals surface area contributed by atoms with E-state index in [0.717, 1.165) is 54.7 Å². The number of phenolic OH excluding ortho intramolecular Hbond substituents is 1. The van der Waals surface area contributed by atoms with Crippen molar-refractivity contribution in [2.24, 2.45) is 0 Å². The van der Waals surface area contributed by atoms with Crippen molar-refractivity contribution in [2.45, 2.75) is 48.8 Å². The molecule has 1 saturated heterocycles. The number of fused-ring (bicyclic) bond motifs is 2. The molecule has 2 aliphatic heterocycles. The molecule has 1 spiro atoms. The van der Waals surface area contributed by atoms with E-state index in [9.17, 15) is 10.2 Å². The monoisotopic (exact) mass is 452 g/mol. The van der Waals surface area contributed by atoms with E-state index in [1.165, 1.54) is 11.1 Å². The van der Waals surface area contributed by atoms with Gasteiger partial charge in [0.15, 0.2) is 17.6 Å². The summed E-state index contributed by atoms with van der Waals surface area (Å²) in [5.74, 6) is 0.693. The highest BCUT2D eigenvalue weighted by atomic mass is 16.5. The van der Waals surface area contributed by atoms with E-state index in [-0.39, 0.29) is 11.8 Å². The molecule has 2 bridgehead atoms. The van der Waals surface area contributed by atoms with Crippen molar-refractivity contribution < 1.29 is 14.9 Å². The maximum absolute atomic E-state index is 12.7. The Hall–Kier alpha value is -3.15. The number of hydrogen-bond donors (Lipinski definition) is 2. The summed E-state index contributed by atoms with van der Waals surface area (Å²) >= 11 is 0. The van der Waals surface area contributed by atoms with E-state index < -0.39 is 17.1 Å². The Morgan fingerprint density at radius 3 is 2.82 bits per heavy atom. The molecule has 1 fully saturated rings. The fourth-order valence-electron chi connectivity index (χ4n) is 7.35. The highest BCUT2D eigenvalue weighted by molar-refractivity contribution is 5.64. The minimum absolute atomic E-state index is 0.0423. The van der Waals surface area contributed by atoms with Gasteiger partial charge in [-0.15, -0.1) is 6.58 Å². The quantitative estimate of drug-likeness (QED) is 0.589. The zero-order valence-electron chi connectivity index (χ0n) is 19.1. The van der Waals surface area contributed by atoms with Gasteiger partial charge >= 0.3 is 0 Å². The molecule has 1 aromatic heterocycles. The number of likely N-dealkylation sites (tertiary alicyclic amines) is 1. The van der Waals surface area contributed by atoms with Crippen LogP contribution in [0, 0.1) is 0 Å². The van der Waals surface area contributed by atoms with Crippen LogP contribution in [0.15, 0.2) is 67.4 Å². The molecular weight excluding hydrogens is 424 g/mol. The van der Waals surface area contributed by atoms with Crippen molar-refractivity contribution in [3.63, 3.8) is 0 Å². The van der Waals surface area contributed by atoms with Crippen molar-refractivity contribution >= 4 is 0 Å². The first-order valence-corrected chi connectivity index (χ1v) is 12.2. The lowest BCUT2D eigenvalue weighted by Crippen LogP contribution is -2.74. The van der Waals surface area contributed by atoms with E-state index in [1.54, 1.807) is 6.07 Å². The highest BCUT2D eigenvalue weighted by Crippen LogP contribution is 2.68. The average molecular weight is 453 g/mol. The number of pyridine rings is 1. The van der Waals surface area contributed by atoms with Gasteiger partial charge < -0.3 is 14.9 Å². The Bertz CT molecular complexity index is 1320. The highest BCUT2D eigenvalue weighted by Gasteiger charge is 2.72. The zero-order chi connectivity index (χ0) is 23.1. The van der Waals surface area contributed by atoms with Crippen LogP contribution in [0.25, 0.3) is 0 Å². The number of phenols is 1. The molecule has 34 heavy (non-hydrogen) atoms. The number of rotatable bonds is 4. The van der Waals surface area contributed by atoms with Gasteiger partial charge in [0.2, 0.25) is 0 Å². The standard InChI is InChI=1S/C29H28N2O3/c1-2-11-31-12-10-28-24-20-8-9-22(32)26(24)34-27(28)25-21(16-29(28,33)23(31)15-20)14-19(17-30-25)13-18-6-4-3-5-7-18/h2-9,14,17,23,27,32-33H,1,10-13,15-16H2/t23-,27+,28+,29-/m1/s1. The molecule has 5 heteroatoms. The van der Waals surface area contributed by atoms with Gasteiger partial charge in [0.05, 0.1) is 16.7 Å². The summed E-state index contributed by atoms with van der Waals surface area (Å²) < 4.78 is 6.54. The molecule has 3 heterocycles. The molecule has 0 radical (unpaired) electrons. The Morgan fingerprint density at radius 1 is 1.15 bits per heavy atom. The predicted octanol–water partition coefficient (Wildman–Crippen LogP) is 3.85. The summed E-state index contributed by atoms with van der Waals surface area (Å²) in [6.45, 7) is 5.56. The van der Waals surface area contributed by atoms with Crippen molar-refractivity contribution in [2.75, 3.05) is 13.1 Å². The fourth-order valence-corrected chi connectivity index (χ4v) is 7.35. The molecule has 2 aliphatic carbocycles. The van der Waals surface area contributed by atoms with Gasteiger partial charge in [-0.1, -0.05) is 48.5 Å². The van der Waals surface area contributed by atoms with Crippen LogP contribution in [0.3, 0.4) is 0 Å². The van der Waals surface area contributed by atoms with Crippen LogP contribution in [-0.4, -0.2) is 44.8 Å². The molecule has 0 unspecified atom stereocenters. The SMILES string of the molecule is C=CCN1CC[C@]23c4c5ccc(O)c4O[C@H]2c2ncc(Cc4ccccc4)cc2C[C@@]3(O)[C@H]1C5. The smallest absolute Gasteiger partial charge is 0.166 e. The van der Waals surface area contributed by atoms with Gasteiger partial charge in [-0.3, -0.25) is 9.88 Å². The molecule has 4 aliphatic rings. The third-order valence-electron chi connectivity index (χ3n) is 8.70. The molecule has 2 aromatic carbocycles. The molecule has 3 aromatic rings. The molecule has 4 atom stereocenters. The lowest BCUT2D eigenvalue weighted by atomic mass is 9.49. The second kappa shape index (κ2) is 6.94. The molecule has 5 nitrogen and oxygen atoms in total. The van der Waals surface area contributed by atoms with Gasteiger partial charge in [0, 0.05) is 37.3 Å². The normalized spacial score (nSPS) is 30.3.